The van der Waals surface area contributed by atoms with Crippen molar-refractivity contribution in [1.29, 1.82) is 0 Å². The summed E-state index contributed by atoms with van der Waals surface area (Å²) in [5.74, 6) is 0.355. The van der Waals surface area contributed by atoms with Gasteiger partial charge in [0.25, 0.3) is 0 Å². The average molecular weight is 282 g/mol. The van der Waals surface area contributed by atoms with Gasteiger partial charge in [-0.25, -0.2) is 0 Å². The maximum Gasteiger partial charge on any atom is 0.307 e. The number of thiophene rings is 1. The van der Waals surface area contributed by atoms with Crippen LogP contribution < -0.4 is 11.1 Å². The summed E-state index contributed by atoms with van der Waals surface area (Å²) in [6, 6.07) is 4.55. The third-order valence-electron chi connectivity index (χ3n) is 3.86. The van der Waals surface area contributed by atoms with Crippen molar-refractivity contribution in [2.24, 2.45) is 11.7 Å². The third-order valence-corrected chi connectivity index (χ3v) is 4.85. The molecule has 1 aromatic heterocycles. The highest BCUT2D eigenvalue weighted by molar-refractivity contribution is 7.10. The molecule has 1 saturated carbocycles. The first kappa shape index (κ1) is 14.5. The Morgan fingerprint density at radius 2 is 2.47 bits per heavy atom. The van der Waals surface area contributed by atoms with Crippen LogP contribution in [0.25, 0.3) is 0 Å². The minimum atomic E-state index is -0.173. The molecule has 0 radical (unpaired) electrons. The van der Waals surface area contributed by atoms with E-state index in [0.29, 0.717) is 24.9 Å². The molecule has 0 aliphatic heterocycles. The molecule has 1 aliphatic rings. The Balaban J connectivity index is 2.03. The molecule has 19 heavy (non-hydrogen) atoms. The molecule has 0 aromatic carbocycles. The minimum absolute atomic E-state index is 0.0459. The second-order valence-corrected chi connectivity index (χ2v) is 6.03. The summed E-state index contributed by atoms with van der Waals surface area (Å²) in [4.78, 5) is 12.7. The molecule has 3 N–H and O–H groups in total. The van der Waals surface area contributed by atoms with Crippen LogP contribution in [0.15, 0.2) is 17.5 Å². The molecule has 0 bridgehead atoms. The first-order valence-corrected chi connectivity index (χ1v) is 7.69. The van der Waals surface area contributed by atoms with Crippen molar-refractivity contribution in [3.05, 3.63) is 22.4 Å². The number of ether oxygens (including phenoxy) is 1. The van der Waals surface area contributed by atoms with Crippen molar-refractivity contribution < 1.29 is 9.53 Å². The summed E-state index contributed by atoms with van der Waals surface area (Å²) in [7, 11) is 1.44. The smallest absolute Gasteiger partial charge is 0.307 e. The fraction of sp³-hybridized carbons (Fsp3) is 0.643. The quantitative estimate of drug-likeness (QED) is 0.784. The van der Waals surface area contributed by atoms with Crippen molar-refractivity contribution in [1.82, 2.24) is 5.32 Å². The topological polar surface area (TPSA) is 64.3 Å². The van der Waals surface area contributed by atoms with Crippen LogP contribution >= 0.6 is 11.3 Å². The molecular weight excluding hydrogens is 260 g/mol. The molecule has 0 saturated heterocycles. The van der Waals surface area contributed by atoms with Crippen molar-refractivity contribution in [3.63, 3.8) is 0 Å². The Morgan fingerprint density at radius 1 is 1.63 bits per heavy atom. The fourth-order valence-corrected chi connectivity index (χ4v) is 3.57. The van der Waals surface area contributed by atoms with Crippen LogP contribution in [-0.2, 0) is 9.53 Å². The lowest BCUT2D eigenvalue weighted by atomic mass is 10.0. The first-order valence-electron chi connectivity index (χ1n) is 6.81. The minimum Gasteiger partial charge on any atom is -0.469 e. The molecule has 1 aromatic rings. The van der Waals surface area contributed by atoms with E-state index in [-0.39, 0.29) is 12.0 Å². The van der Waals surface area contributed by atoms with Crippen LogP contribution in [0.4, 0.5) is 0 Å². The Kier molecular flexibility index (Phi) is 5.36. The number of carbonyl (C=O) groups is 1. The summed E-state index contributed by atoms with van der Waals surface area (Å²) in [6.07, 6.45) is 3.92. The molecule has 3 atom stereocenters. The van der Waals surface area contributed by atoms with Crippen molar-refractivity contribution in [2.75, 3.05) is 13.7 Å². The van der Waals surface area contributed by atoms with Crippen LogP contribution in [0.3, 0.4) is 0 Å². The Bertz CT molecular complexity index is 394. The lowest BCUT2D eigenvalue weighted by molar-refractivity contribution is -0.141. The molecule has 4 nitrogen and oxygen atoms in total. The van der Waals surface area contributed by atoms with Gasteiger partial charge in [0.1, 0.15) is 0 Å². The second kappa shape index (κ2) is 7.03. The standard InChI is InChI=1S/C14H22N2O2S/c1-18-14(17)8-12(13-6-3-7-19-13)16-11-5-2-4-10(11)9-15/h3,6-7,10-12,16H,2,4-5,8-9,15H2,1H3. The number of esters is 1. The average Bonchev–Trinajstić information content (AvgIpc) is 3.08. The van der Waals surface area contributed by atoms with Gasteiger partial charge < -0.3 is 15.8 Å². The summed E-state index contributed by atoms with van der Waals surface area (Å²) in [5, 5.41) is 5.65. The van der Waals surface area contributed by atoms with E-state index in [9.17, 15) is 4.79 Å². The van der Waals surface area contributed by atoms with Crippen LogP contribution in [0, 0.1) is 5.92 Å². The van der Waals surface area contributed by atoms with E-state index in [0.717, 1.165) is 6.42 Å². The number of rotatable bonds is 6. The van der Waals surface area contributed by atoms with Crippen LogP contribution in [0.5, 0.6) is 0 Å². The van der Waals surface area contributed by atoms with Gasteiger partial charge in [0.2, 0.25) is 0 Å². The number of carbonyl (C=O) groups excluding carboxylic acids is 1. The largest absolute Gasteiger partial charge is 0.469 e. The van der Waals surface area contributed by atoms with E-state index >= 15 is 0 Å². The Morgan fingerprint density at radius 3 is 3.11 bits per heavy atom. The lowest BCUT2D eigenvalue weighted by Gasteiger charge is -2.25. The zero-order chi connectivity index (χ0) is 13.7. The maximum atomic E-state index is 11.6. The van der Waals surface area contributed by atoms with Crippen molar-refractivity contribution in [2.45, 2.75) is 37.8 Å². The van der Waals surface area contributed by atoms with Gasteiger partial charge in [0.05, 0.1) is 19.6 Å². The van der Waals surface area contributed by atoms with Gasteiger partial charge in [-0.05, 0) is 36.8 Å². The lowest BCUT2D eigenvalue weighted by Crippen LogP contribution is -2.39. The van der Waals surface area contributed by atoms with E-state index in [1.165, 1.54) is 24.8 Å². The van der Waals surface area contributed by atoms with Gasteiger partial charge in [-0.3, -0.25) is 4.79 Å². The third kappa shape index (κ3) is 3.78. The van der Waals surface area contributed by atoms with E-state index in [1.807, 2.05) is 11.4 Å². The van der Waals surface area contributed by atoms with Gasteiger partial charge in [-0.2, -0.15) is 0 Å². The molecule has 2 rings (SSSR count). The van der Waals surface area contributed by atoms with E-state index in [1.54, 1.807) is 11.3 Å². The van der Waals surface area contributed by atoms with Gasteiger partial charge >= 0.3 is 5.97 Å². The zero-order valence-electron chi connectivity index (χ0n) is 11.3. The number of methoxy groups -OCH3 is 1. The predicted molar refractivity (Wildman–Crippen MR) is 77.0 cm³/mol. The molecule has 1 aliphatic carbocycles. The fourth-order valence-electron chi connectivity index (χ4n) is 2.78. The molecular formula is C14H22N2O2S. The van der Waals surface area contributed by atoms with Crippen LogP contribution in [0.1, 0.15) is 36.6 Å². The van der Waals surface area contributed by atoms with Gasteiger partial charge in [0.15, 0.2) is 0 Å². The highest BCUT2D eigenvalue weighted by atomic mass is 32.1. The molecule has 1 heterocycles. The number of nitrogens with two attached hydrogens (primary N) is 1. The molecule has 106 valence electrons. The molecule has 1 fully saturated rings. The van der Waals surface area contributed by atoms with Crippen molar-refractivity contribution in [3.8, 4) is 0 Å². The van der Waals surface area contributed by atoms with Crippen LogP contribution in [0.2, 0.25) is 0 Å². The normalized spacial score (nSPS) is 24.3. The Labute approximate surface area is 118 Å². The van der Waals surface area contributed by atoms with Gasteiger partial charge in [-0.1, -0.05) is 12.5 Å². The second-order valence-electron chi connectivity index (χ2n) is 5.05. The summed E-state index contributed by atoms with van der Waals surface area (Å²) < 4.78 is 4.80. The predicted octanol–water partition coefficient (Wildman–Crippen LogP) is 2.07. The first-order chi connectivity index (χ1) is 9.24. The summed E-state index contributed by atoms with van der Waals surface area (Å²) >= 11 is 1.67. The Hall–Kier alpha value is -0.910. The highest BCUT2D eigenvalue weighted by Crippen LogP contribution is 2.30. The zero-order valence-corrected chi connectivity index (χ0v) is 12.1. The number of hydrogen-bond donors (Lipinski definition) is 2. The van der Waals surface area contributed by atoms with Crippen molar-refractivity contribution >= 4 is 17.3 Å². The SMILES string of the molecule is COC(=O)CC(NC1CCCC1CN)c1cccs1. The van der Waals surface area contributed by atoms with Crippen LogP contribution in [-0.4, -0.2) is 25.7 Å². The monoisotopic (exact) mass is 282 g/mol. The molecule has 3 unspecified atom stereocenters. The molecule has 0 amide bonds. The summed E-state index contributed by atoms with van der Waals surface area (Å²) in [5.41, 5.74) is 5.82. The number of nitrogens with one attached hydrogen (secondary N) is 1. The van der Waals surface area contributed by atoms with E-state index in [2.05, 4.69) is 11.4 Å². The van der Waals surface area contributed by atoms with Gasteiger partial charge in [0, 0.05) is 10.9 Å². The van der Waals surface area contributed by atoms with E-state index in [4.69, 9.17) is 10.5 Å². The number of hydrogen-bond acceptors (Lipinski definition) is 5. The van der Waals surface area contributed by atoms with Gasteiger partial charge in [-0.15, -0.1) is 11.3 Å². The molecule has 0 spiro atoms. The molecule has 5 heteroatoms. The maximum absolute atomic E-state index is 11.6. The highest BCUT2D eigenvalue weighted by Gasteiger charge is 2.29. The summed E-state index contributed by atoms with van der Waals surface area (Å²) in [6.45, 7) is 0.715. The van der Waals surface area contributed by atoms with E-state index < -0.39 is 0 Å².